The third kappa shape index (κ3) is 2.21. The Morgan fingerprint density at radius 1 is 1.00 bits per heavy atom. The summed E-state index contributed by atoms with van der Waals surface area (Å²) in [5, 5.41) is 0.950. The molecule has 0 amide bonds. The van der Waals surface area contributed by atoms with Crippen molar-refractivity contribution in [2.24, 2.45) is 0 Å². The molecule has 2 heterocycles. The van der Waals surface area contributed by atoms with Crippen molar-refractivity contribution in [3.05, 3.63) is 76.1 Å². The van der Waals surface area contributed by atoms with Crippen molar-refractivity contribution < 1.29 is 9.15 Å². The zero-order valence-electron chi connectivity index (χ0n) is 11.4. The topological polar surface area (TPSA) is 39.4 Å². The highest BCUT2D eigenvalue weighted by atomic mass is 16.5. The summed E-state index contributed by atoms with van der Waals surface area (Å²) in [6.07, 6.45) is 0.971. The van der Waals surface area contributed by atoms with Gasteiger partial charge < -0.3 is 9.15 Å². The lowest BCUT2D eigenvalue weighted by atomic mass is 9.90. The summed E-state index contributed by atoms with van der Waals surface area (Å²) in [6, 6.07) is 17.4. The third-order valence-corrected chi connectivity index (χ3v) is 3.99. The molecule has 3 nitrogen and oxygen atoms in total. The van der Waals surface area contributed by atoms with Gasteiger partial charge in [-0.2, -0.15) is 0 Å². The van der Waals surface area contributed by atoms with Crippen molar-refractivity contribution in [3.8, 4) is 5.75 Å². The normalized spacial score (nSPS) is 17.2. The van der Waals surface area contributed by atoms with Crippen molar-refractivity contribution in [2.75, 3.05) is 6.61 Å². The smallest absolute Gasteiger partial charge is 0.336 e. The highest BCUT2D eigenvalue weighted by molar-refractivity contribution is 5.77. The molecule has 104 valence electrons. The highest BCUT2D eigenvalue weighted by Gasteiger charge is 2.21. The monoisotopic (exact) mass is 278 g/mol. The first-order chi connectivity index (χ1) is 10.3. The standard InChI is InChI=1S/C18H14O3/c19-18-8-6-14-9-12(5-7-17(14)21-18)15-10-13-3-1-2-4-16(13)20-11-15/h1-9,15H,10-11H2. The lowest BCUT2D eigenvalue weighted by Crippen LogP contribution is -2.19. The summed E-state index contributed by atoms with van der Waals surface area (Å²) in [7, 11) is 0. The van der Waals surface area contributed by atoms with Crippen molar-refractivity contribution >= 4 is 11.0 Å². The second-order valence-electron chi connectivity index (χ2n) is 5.37. The van der Waals surface area contributed by atoms with Gasteiger partial charge in [-0.1, -0.05) is 24.3 Å². The van der Waals surface area contributed by atoms with E-state index in [0.29, 0.717) is 18.1 Å². The molecule has 4 rings (SSSR count). The highest BCUT2D eigenvalue weighted by Crippen LogP contribution is 2.33. The molecular weight excluding hydrogens is 264 g/mol. The van der Waals surface area contributed by atoms with Crippen molar-refractivity contribution in [1.29, 1.82) is 0 Å². The quantitative estimate of drug-likeness (QED) is 0.639. The fraction of sp³-hybridized carbons (Fsp3) is 0.167. The average molecular weight is 278 g/mol. The van der Waals surface area contributed by atoms with E-state index in [1.807, 2.05) is 36.4 Å². The Bertz CT molecular complexity index is 863. The predicted octanol–water partition coefficient (Wildman–Crippen LogP) is 3.51. The number of fused-ring (bicyclic) bond motifs is 2. The maximum absolute atomic E-state index is 11.2. The summed E-state index contributed by atoms with van der Waals surface area (Å²) >= 11 is 0. The maximum Gasteiger partial charge on any atom is 0.336 e. The van der Waals surface area contributed by atoms with E-state index >= 15 is 0 Å². The summed E-state index contributed by atoms with van der Waals surface area (Å²) in [4.78, 5) is 11.2. The summed E-state index contributed by atoms with van der Waals surface area (Å²) in [6.45, 7) is 0.680. The minimum absolute atomic E-state index is 0.315. The number of hydrogen-bond donors (Lipinski definition) is 0. The van der Waals surface area contributed by atoms with Crippen LogP contribution >= 0.6 is 0 Å². The average Bonchev–Trinajstić information content (AvgIpc) is 2.54. The Hall–Kier alpha value is -2.55. The van der Waals surface area contributed by atoms with Crippen LogP contribution in [0.3, 0.4) is 0 Å². The van der Waals surface area contributed by atoms with Gasteiger partial charge >= 0.3 is 5.63 Å². The molecule has 2 aromatic carbocycles. The first-order valence-corrected chi connectivity index (χ1v) is 7.04. The summed E-state index contributed by atoms with van der Waals surface area (Å²) in [5.74, 6) is 1.32. The van der Waals surface area contributed by atoms with Crippen LogP contribution in [0.4, 0.5) is 0 Å². The lowest BCUT2D eigenvalue weighted by Gasteiger charge is -2.25. The lowest BCUT2D eigenvalue weighted by molar-refractivity contribution is 0.263. The van der Waals surface area contributed by atoms with Gasteiger partial charge in [-0.25, -0.2) is 4.79 Å². The van der Waals surface area contributed by atoms with E-state index in [1.54, 1.807) is 0 Å². The molecule has 0 N–H and O–H groups in total. The Kier molecular flexibility index (Phi) is 2.78. The van der Waals surface area contributed by atoms with Gasteiger partial charge in [0, 0.05) is 17.4 Å². The van der Waals surface area contributed by atoms with Crippen LogP contribution in [-0.4, -0.2) is 6.61 Å². The van der Waals surface area contributed by atoms with E-state index in [9.17, 15) is 4.79 Å². The molecule has 1 atom stereocenters. The zero-order valence-corrected chi connectivity index (χ0v) is 11.4. The van der Waals surface area contributed by atoms with Gasteiger partial charge in [0.25, 0.3) is 0 Å². The van der Waals surface area contributed by atoms with Gasteiger partial charge in [0.05, 0.1) is 6.61 Å². The van der Waals surface area contributed by atoms with Crippen molar-refractivity contribution in [3.63, 3.8) is 0 Å². The van der Waals surface area contributed by atoms with E-state index in [-0.39, 0.29) is 5.63 Å². The molecule has 3 aromatic rings. The van der Waals surface area contributed by atoms with E-state index < -0.39 is 0 Å². The van der Waals surface area contributed by atoms with Gasteiger partial charge in [-0.3, -0.25) is 0 Å². The summed E-state index contributed by atoms with van der Waals surface area (Å²) < 4.78 is 11.0. The molecule has 1 unspecified atom stereocenters. The largest absolute Gasteiger partial charge is 0.493 e. The van der Waals surface area contributed by atoms with Gasteiger partial charge in [-0.05, 0) is 41.8 Å². The van der Waals surface area contributed by atoms with Crippen LogP contribution in [0.2, 0.25) is 0 Å². The molecule has 21 heavy (non-hydrogen) atoms. The molecule has 0 fully saturated rings. The third-order valence-electron chi connectivity index (χ3n) is 3.99. The molecule has 1 aliphatic rings. The fourth-order valence-corrected chi connectivity index (χ4v) is 2.89. The van der Waals surface area contributed by atoms with E-state index in [0.717, 1.165) is 17.6 Å². The summed E-state index contributed by atoms with van der Waals surface area (Å²) in [5.41, 5.74) is 2.77. The second kappa shape index (κ2) is 4.77. The molecular formula is C18H14O3. The van der Waals surface area contributed by atoms with Crippen LogP contribution in [-0.2, 0) is 6.42 Å². The Morgan fingerprint density at radius 3 is 2.86 bits per heavy atom. The Labute approximate surface area is 121 Å². The Morgan fingerprint density at radius 2 is 1.90 bits per heavy atom. The number of benzene rings is 2. The first kappa shape index (κ1) is 12.2. The maximum atomic E-state index is 11.2. The van der Waals surface area contributed by atoms with Gasteiger partial charge in [0.2, 0.25) is 0 Å². The van der Waals surface area contributed by atoms with Crippen LogP contribution < -0.4 is 10.4 Å². The van der Waals surface area contributed by atoms with Crippen LogP contribution in [0.1, 0.15) is 17.0 Å². The minimum atomic E-state index is -0.315. The van der Waals surface area contributed by atoms with Crippen LogP contribution in [0, 0.1) is 0 Å². The fourth-order valence-electron chi connectivity index (χ4n) is 2.89. The SMILES string of the molecule is O=c1ccc2cc(C3COc4ccccc4C3)ccc2o1. The molecule has 0 saturated carbocycles. The molecule has 1 aromatic heterocycles. The van der Waals surface area contributed by atoms with Gasteiger partial charge in [-0.15, -0.1) is 0 Å². The zero-order chi connectivity index (χ0) is 14.2. The van der Waals surface area contributed by atoms with Crippen LogP contribution in [0.5, 0.6) is 5.75 Å². The Balaban J connectivity index is 1.71. The second-order valence-corrected chi connectivity index (χ2v) is 5.37. The van der Waals surface area contributed by atoms with Gasteiger partial charge in [0.15, 0.2) is 0 Å². The molecule has 1 aliphatic heterocycles. The minimum Gasteiger partial charge on any atom is -0.493 e. The molecule has 0 bridgehead atoms. The van der Waals surface area contributed by atoms with E-state index in [1.165, 1.54) is 17.2 Å². The van der Waals surface area contributed by atoms with Gasteiger partial charge in [0.1, 0.15) is 11.3 Å². The van der Waals surface area contributed by atoms with Crippen molar-refractivity contribution in [2.45, 2.75) is 12.3 Å². The van der Waals surface area contributed by atoms with E-state index in [2.05, 4.69) is 12.1 Å². The number of para-hydroxylation sites is 1. The van der Waals surface area contributed by atoms with Crippen molar-refractivity contribution in [1.82, 2.24) is 0 Å². The predicted molar refractivity (Wildman–Crippen MR) is 80.9 cm³/mol. The molecule has 0 radical (unpaired) electrons. The molecule has 0 aliphatic carbocycles. The van der Waals surface area contributed by atoms with Crippen LogP contribution in [0.15, 0.2) is 63.8 Å². The molecule has 3 heteroatoms. The number of ether oxygens (including phenoxy) is 1. The number of hydrogen-bond acceptors (Lipinski definition) is 3. The molecule has 0 spiro atoms. The molecule has 0 saturated heterocycles. The number of rotatable bonds is 1. The first-order valence-electron chi connectivity index (χ1n) is 7.04. The van der Waals surface area contributed by atoms with Crippen LogP contribution in [0.25, 0.3) is 11.0 Å². The van der Waals surface area contributed by atoms with E-state index in [4.69, 9.17) is 9.15 Å².